The van der Waals surface area contributed by atoms with Gasteiger partial charge in [0.15, 0.2) is 0 Å². The van der Waals surface area contributed by atoms with E-state index in [4.69, 9.17) is 4.74 Å². The number of ether oxygens (including phenoxy) is 1. The number of nitrogens with zero attached hydrogens (tertiary/aromatic N) is 1. The lowest BCUT2D eigenvalue weighted by atomic mass is 9.87. The Labute approximate surface area is 144 Å². The zero-order valence-electron chi connectivity index (χ0n) is 14.6. The number of rotatable bonds is 1. The Morgan fingerprint density at radius 2 is 2.00 bits per heavy atom. The molecular weight excluding hydrogens is 302 g/mol. The van der Waals surface area contributed by atoms with Crippen LogP contribution in [0.5, 0.6) is 0 Å². The number of carbonyl (C=O) groups is 2. The molecular formula is C20H27NO3. The van der Waals surface area contributed by atoms with Crippen molar-refractivity contribution in [2.24, 2.45) is 5.92 Å². The van der Waals surface area contributed by atoms with E-state index < -0.39 is 0 Å². The number of allylic oxidation sites excluding steroid dienone is 2. The first kappa shape index (κ1) is 17.0. The molecule has 3 aliphatic rings. The van der Waals surface area contributed by atoms with E-state index in [2.05, 4.69) is 25.7 Å². The summed E-state index contributed by atoms with van der Waals surface area (Å²) in [6.45, 7) is 7.72. The van der Waals surface area contributed by atoms with Gasteiger partial charge < -0.3 is 9.64 Å². The number of carbonyl (C=O) groups excluding carboxylic acids is 2. The second-order valence-corrected chi connectivity index (χ2v) is 7.17. The normalized spacial score (nSPS) is 33.0. The summed E-state index contributed by atoms with van der Waals surface area (Å²) in [5, 5.41) is 0. The van der Waals surface area contributed by atoms with Crippen molar-refractivity contribution in [3.8, 4) is 0 Å². The maximum Gasteiger partial charge on any atom is 0.334 e. The second kappa shape index (κ2) is 7.37. The summed E-state index contributed by atoms with van der Waals surface area (Å²) in [6, 6.07) is 0. The minimum atomic E-state index is -0.291. The maximum absolute atomic E-state index is 12.9. The van der Waals surface area contributed by atoms with Gasteiger partial charge in [-0.1, -0.05) is 18.2 Å². The summed E-state index contributed by atoms with van der Waals surface area (Å²) >= 11 is 0. The molecule has 2 heterocycles. The summed E-state index contributed by atoms with van der Waals surface area (Å²) in [7, 11) is 0. The summed E-state index contributed by atoms with van der Waals surface area (Å²) in [6.07, 6.45) is 10.6. The SMILES string of the molecule is C=C1C(=O)O[C@@H]2/C=C(\C)CC/C=C(\C(=O)N3CCCCC3)CC[C@H]12. The van der Waals surface area contributed by atoms with Crippen molar-refractivity contribution >= 4 is 11.9 Å². The van der Waals surface area contributed by atoms with Crippen LogP contribution in [0.1, 0.15) is 51.9 Å². The van der Waals surface area contributed by atoms with Crippen LogP contribution in [0.4, 0.5) is 0 Å². The Morgan fingerprint density at radius 3 is 2.75 bits per heavy atom. The lowest BCUT2D eigenvalue weighted by Gasteiger charge is -2.28. The van der Waals surface area contributed by atoms with E-state index in [-0.39, 0.29) is 23.9 Å². The first-order chi connectivity index (χ1) is 11.6. The summed E-state index contributed by atoms with van der Waals surface area (Å²) in [4.78, 5) is 26.7. The number of hydrogen-bond acceptors (Lipinski definition) is 3. The predicted octanol–water partition coefficient (Wildman–Crippen LogP) is 3.54. The molecule has 0 spiro atoms. The molecule has 0 bridgehead atoms. The third-order valence-electron chi connectivity index (χ3n) is 5.37. The van der Waals surface area contributed by atoms with E-state index in [1.165, 1.54) is 12.0 Å². The van der Waals surface area contributed by atoms with E-state index in [0.29, 0.717) is 12.0 Å². The molecule has 0 unspecified atom stereocenters. The van der Waals surface area contributed by atoms with Gasteiger partial charge in [0.1, 0.15) is 6.10 Å². The fourth-order valence-electron chi connectivity index (χ4n) is 3.86. The highest BCUT2D eigenvalue weighted by Crippen LogP contribution is 2.34. The third kappa shape index (κ3) is 3.63. The van der Waals surface area contributed by atoms with E-state index >= 15 is 0 Å². The Bertz CT molecular complexity index is 596. The molecule has 0 aromatic carbocycles. The van der Waals surface area contributed by atoms with Crippen LogP contribution in [0.25, 0.3) is 0 Å². The largest absolute Gasteiger partial charge is 0.454 e. The minimum Gasteiger partial charge on any atom is -0.454 e. The summed E-state index contributed by atoms with van der Waals surface area (Å²) in [5.74, 6) is -0.117. The first-order valence-electron chi connectivity index (χ1n) is 9.11. The van der Waals surface area contributed by atoms with Gasteiger partial charge in [0.25, 0.3) is 0 Å². The fourth-order valence-corrected chi connectivity index (χ4v) is 3.86. The van der Waals surface area contributed by atoms with Gasteiger partial charge in [-0.25, -0.2) is 4.79 Å². The number of piperidine rings is 1. The highest BCUT2D eigenvalue weighted by Gasteiger charge is 2.37. The molecule has 1 aliphatic carbocycles. The van der Waals surface area contributed by atoms with E-state index in [9.17, 15) is 9.59 Å². The number of likely N-dealkylation sites (tertiary alicyclic amines) is 1. The van der Waals surface area contributed by atoms with Crippen LogP contribution in [0.3, 0.4) is 0 Å². The van der Waals surface area contributed by atoms with E-state index in [0.717, 1.165) is 50.8 Å². The number of fused-ring (bicyclic) bond motifs is 1. The molecule has 0 N–H and O–H groups in total. The molecule has 2 saturated heterocycles. The Hall–Kier alpha value is -1.84. The van der Waals surface area contributed by atoms with Crippen molar-refractivity contribution in [2.75, 3.05) is 13.1 Å². The Balaban J connectivity index is 1.77. The van der Waals surface area contributed by atoms with Crippen molar-refractivity contribution in [3.63, 3.8) is 0 Å². The summed E-state index contributed by atoms with van der Waals surface area (Å²) in [5.41, 5.74) is 2.65. The van der Waals surface area contributed by atoms with Crippen LogP contribution in [-0.2, 0) is 14.3 Å². The van der Waals surface area contributed by atoms with Crippen molar-refractivity contribution in [1.82, 2.24) is 4.90 Å². The molecule has 2 atom stereocenters. The van der Waals surface area contributed by atoms with Gasteiger partial charge in [0.05, 0.1) is 0 Å². The molecule has 4 nitrogen and oxygen atoms in total. The van der Waals surface area contributed by atoms with Crippen LogP contribution in [0.2, 0.25) is 0 Å². The fraction of sp³-hybridized carbons (Fsp3) is 0.600. The molecule has 0 aromatic rings. The van der Waals surface area contributed by atoms with Gasteiger partial charge in [-0.15, -0.1) is 0 Å². The van der Waals surface area contributed by atoms with Gasteiger partial charge in [-0.2, -0.15) is 0 Å². The smallest absolute Gasteiger partial charge is 0.334 e. The topological polar surface area (TPSA) is 46.6 Å². The quantitative estimate of drug-likeness (QED) is 0.420. The molecule has 2 fully saturated rings. The molecule has 4 heteroatoms. The Kier molecular flexibility index (Phi) is 5.22. The van der Waals surface area contributed by atoms with E-state index in [1.54, 1.807) is 0 Å². The standard InChI is InChI=1S/C20H27NO3/c1-14-7-6-8-16(19(22)21-11-4-3-5-12-21)9-10-17-15(2)20(23)24-18(17)13-14/h8,13,17-18H,2-7,9-12H2,1H3/b14-13+,16-8-/t17-,18-/m1/s1. The van der Waals surface area contributed by atoms with Gasteiger partial charge in [0.2, 0.25) is 5.91 Å². The van der Waals surface area contributed by atoms with Gasteiger partial charge in [-0.05, 0) is 57.9 Å². The van der Waals surface area contributed by atoms with E-state index in [1.807, 2.05) is 4.90 Å². The number of esters is 1. The van der Waals surface area contributed by atoms with Gasteiger partial charge >= 0.3 is 5.97 Å². The average molecular weight is 329 g/mol. The maximum atomic E-state index is 12.9. The highest BCUT2D eigenvalue weighted by atomic mass is 16.5. The van der Waals surface area contributed by atoms with Crippen LogP contribution in [-0.4, -0.2) is 36.0 Å². The minimum absolute atomic E-state index is 0.0110. The zero-order valence-corrected chi connectivity index (χ0v) is 14.6. The lowest BCUT2D eigenvalue weighted by Crippen LogP contribution is -2.36. The van der Waals surface area contributed by atoms with Crippen molar-refractivity contribution in [3.05, 3.63) is 35.5 Å². The van der Waals surface area contributed by atoms with Crippen LogP contribution >= 0.6 is 0 Å². The molecule has 0 radical (unpaired) electrons. The predicted molar refractivity (Wildman–Crippen MR) is 93.2 cm³/mol. The molecule has 24 heavy (non-hydrogen) atoms. The lowest BCUT2D eigenvalue weighted by molar-refractivity contribution is -0.137. The van der Waals surface area contributed by atoms with Crippen molar-refractivity contribution in [2.45, 2.75) is 58.0 Å². The summed E-state index contributed by atoms with van der Waals surface area (Å²) < 4.78 is 5.46. The van der Waals surface area contributed by atoms with Crippen LogP contribution < -0.4 is 0 Å². The van der Waals surface area contributed by atoms with Crippen LogP contribution in [0.15, 0.2) is 35.5 Å². The second-order valence-electron chi connectivity index (χ2n) is 7.17. The zero-order chi connectivity index (χ0) is 17.1. The molecule has 3 rings (SSSR count). The monoisotopic (exact) mass is 329 g/mol. The van der Waals surface area contributed by atoms with Gasteiger partial charge in [-0.3, -0.25) is 4.79 Å². The van der Waals surface area contributed by atoms with Crippen LogP contribution in [0, 0.1) is 5.92 Å². The molecule has 130 valence electrons. The number of amides is 1. The molecule has 1 amide bonds. The highest BCUT2D eigenvalue weighted by molar-refractivity contribution is 5.94. The first-order valence-corrected chi connectivity index (χ1v) is 9.11. The van der Waals surface area contributed by atoms with Crippen molar-refractivity contribution in [1.29, 1.82) is 0 Å². The molecule has 0 saturated carbocycles. The number of hydrogen-bond donors (Lipinski definition) is 0. The molecule has 0 aromatic heterocycles. The Morgan fingerprint density at radius 1 is 1.25 bits per heavy atom. The average Bonchev–Trinajstić information content (AvgIpc) is 2.85. The third-order valence-corrected chi connectivity index (χ3v) is 5.37. The molecule has 2 aliphatic heterocycles. The van der Waals surface area contributed by atoms with Crippen molar-refractivity contribution < 1.29 is 14.3 Å². The van der Waals surface area contributed by atoms with Gasteiger partial charge in [0, 0.05) is 30.2 Å².